The smallest absolute Gasteiger partial charge is 0.267 e. The Bertz CT molecular complexity index is 989. The van der Waals surface area contributed by atoms with Crippen LogP contribution in [0.15, 0.2) is 45.8 Å². The third kappa shape index (κ3) is 3.45. The Kier molecular flexibility index (Phi) is 4.50. The summed E-state index contributed by atoms with van der Waals surface area (Å²) in [5.74, 6) is 0.254. The van der Waals surface area contributed by atoms with Gasteiger partial charge in [0.1, 0.15) is 10.6 Å². The Morgan fingerprint density at radius 2 is 2.04 bits per heavy atom. The molecular weight excluding hydrogens is 424 g/mol. The fourth-order valence-corrected chi connectivity index (χ4v) is 5.06. The fraction of sp³-hybridized carbons (Fsp3) is 0.0714. The lowest BCUT2D eigenvalue weighted by Crippen LogP contribution is -2.14. The van der Waals surface area contributed by atoms with Gasteiger partial charge >= 0.3 is 0 Å². The van der Waals surface area contributed by atoms with Gasteiger partial charge < -0.3 is 4.74 Å². The van der Waals surface area contributed by atoms with Crippen LogP contribution in [0, 0.1) is 0 Å². The van der Waals surface area contributed by atoms with E-state index in [0.29, 0.717) is 15.0 Å². The molecule has 1 N–H and O–H groups in total. The van der Waals surface area contributed by atoms with Crippen molar-refractivity contribution in [3.8, 4) is 5.75 Å². The first-order valence-corrected chi connectivity index (χ1v) is 9.78. The largest absolute Gasteiger partial charge is 0.495 e. The van der Waals surface area contributed by atoms with Gasteiger partial charge in [-0.3, -0.25) is 4.72 Å². The number of thiazole rings is 1. The quantitative estimate of drug-likeness (QED) is 0.657. The highest BCUT2D eigenvalue weighted by molar-refractivity contribution is 9.10. The van der Waals surface area contributed by atoms with E-state index in [9.17, 15) is 8.42 Å². The molecule has 3 rings (SSSR count). The predicted molar refractivity (Wildman–Crippen MR) is 96.1 cm³/mol. The van der Waals surface area contributed by atoms with Crippen LogP contribution in [0.4, 0.5) is 5.13 Å². The first-order valence-electron chi connectivity index (χ1n) is 6.31. The van der Waals surface area contributed by atoms with Crippen molar-refractivity contribution in [3.05, 3.63) is 45.9 Å². The van der Waals surface area contributed by atoms with Crippen LogP contribution in [0.1, 0.15) is 0 Å². The summed E-state index contributed by atoms with van der Waals surface area (Å²) in [5, 5.41) is 0.841. The molecule has 23 heavy (non-hydrogen) atoms. The molecular formula is C14H10BrClN2O3S2. The molecule has 0 saturated carbocycles. The van der Waals surface area contributed by atoms with Crippen LogP contribution < -0.4 is 9.46 Å². The van der Waals surface area contributed by atoms with E-state index in [2.05, 4.69) is 25.6 Å². The van der Waals surface area contributed by atoms with Gasteiger partial charge in [-0.05, 0) is 36.4 Å². The SMILES string of the molecule is COc1ccc(Br)cc1S(=O)(=O)Nc1nc2ccc(Cl)cc2s1. The molecule has 0 atom stereocenters. The Morgan fingerprint density at radius 3 is 2.78 bits per heavy atom. The molecule has 0 spiro atoms. The van der Waals surface area contributed by atoms with E-state index in [4.69, 9.17) is 16.3 Å². The zero-order valence-electron chi connectivity index (χ0n) is 11.7. The summed E-state index contributed by atoms with van der Waals surface area (Å²) < 4.78 is 34.3. The molecule has 2 aromatic carbocycles. The number of sulfonamides is 1. The molecule has 0 aliphatic rings. The van der Waals surface area contributed by atoms with Gasteiger partial charge in [-0.25, -0.2) is 13.4 Å². The fourth-order valence-electron chi connectivity index (χ4n) is 1.97. The van der Waals surface area contributed by atoms with E-state index in [1.165, 1.54) is 24.5 Å². The van der Waals surface area contributed by atoms with Gasteiger partial charge in [0.2, 0.25) is 0 Å². The van der Waals surface area contributed by atoms with E-state index in [1.54, 1.807) is 30.3 Å². The maximum absolute atomic E-state index is 12.6. The van der Waals surface area contributed by atoms with Crippen molar-refractivity contribution < 1.29 is 13.2 Å². The summed E-state index contributed by atoms with van der Waals surface area (Å²) >= 11 is 10.4. The average molecular weight is 434 g/mol. The highest BCUT2D eigenvalue weighted by Gasteiger charge is 2.21. The standard InChI is InChI=1S/C14H10BrClN2O3S2/c1-21-11-5-2-8(15)6-13(11)23(19,20)18-14-17-10-4-3-9(16)7-12(10)22-14/h2-7H,1H3,(H,17,18). The molecule has 120 valence electrons. The zero-order chi connectivity index (χ0) is 16.6. The number of ether oxygens (including phenoxy) is 1. The second-order valence-electron chi connectivity index (χ2n) is 4.53. The third-order valence-electron chi connectivity index (χ3n) is 2.99. The lowest BCUT2D eigenvalue weighted by Gasteiger charge is -2.10. The number of nitrogens with zero attached hydrogens (tertiary/aromatic N) is 1. The molecule has 9 heteroatoms. The van der Waals surface area contributed by atoms with Crippen LogP contribution in [0.5, 0.6) is 5.75 Å². The summed E-state index contributed by atoms with van der Waals surface area (Å²) in [6, 6.07) is 9.95. The molecule has 5 nitrogen and oxygen atoms in total. The van der Waals surface area contributed by atoms with Crippen molar-refractivity contribution in [2.75, 3.05) is 11.8 Å². The molecule has 1 aromatic heterocycles. The number of aromatic nitrogens is 1. The topological polar surface area (TPSA) is 68.3 Å². The molecule has 3 aromatic rings. The number of anilines is 1. The Labute approximate surface area is 150 Å². The number of rotatable bonds is 4. The number of nitrogens with one attached hydrogen (secondary N) is 1. The molecule has 0 aliphatic carbocycles. The van der Waals surface area contributed by atoms with Crippen LogP contribution >= 0.6 is 38.9 Å². The minimum absolute atomic E-state index is 0.0339. The predicted octanol–water partition coefficient (Wildman–Crippen LogP) is 4.52. The van der Waals surface area contributed by atoms with Crippen molar-refractivity contribution in [2.45, 2.75) is 4.90 Å². The van der Waals surface area contributed by atoms with Crippen LogP contribution in [0.25, 0.3) is 10.2 Å². The average Bonchev–Trinajstić information content (AvgIpc) is 2.87. The van der Waals surface area contributed by atoms with Crippen molar-refractivity contribution >= 4 is 64.2 Å². The normalized spacial score (nSPS) is 11.6. The van der Waals surface area contributed by atoms with E-state index >= 15 is 0 Å². The molecule has 0 bridgehead atoms. The van der Waals surface area contributed by atoms with Gasteiger partial charge in [-0.1, -0.05) is 38.9 Å². The summed E-state index contributed by atoms with van der Waals surface area (Å²) in [7, 11) is -2.41. The summed E-state index contributed by atoms with van der Waals surface area (Å²) in [6.07, 6.45) is 0. The number of hydrogen-bond donors (Lipinski definition) is 1. The number of benzene rings is 2. The number of halogens is 2. The van der Waals surface area contributed by atoms with Crippen molar-refractivity contribution in [2.24, 2.45) is 0 Å². The zero-order valence-corrected chi connectivity index (χ0v) is 15.7. The number of hydrogen-bond acceptors (Lipinski definition) is 5. The lowest BCUT2D eigenvalue weighted by atomic mass is 10.3. The van der Waals surface area contributed by atoms with Gasteiger partial charge in [-0.2, -0.15) is 0 Å². The van der Waals surface area contributed by atoms with Crippen LogP contribution in [0.2, 0.25) is 5.02 Å². The van der Waals surface area contributed by atoms with E-state index in [1.807, 2.05) is 0 Å². The molecule has 0 aliphatic heterocycles. The molecule has 0 radical (unpaired) electrons. The number of fused-ring (bicyclic) bond motifs is 1. The molecule has 1 heterocycles. The number of methoxy groups -OCH3 is 1. The first-order chi connectivity index (χ1) is 10.9. The lowest BCUT2D eigenvalue weighted by molar-refractivity contribution is 0.403. The van der Waals surface area contributed by atoms with E-state index in [-0.39, 0.29) is 15.8 Å². The highest BCUT2D eigenvalue weighted by Crippen LogP contribution is 2.32. The van der Waals surface area contributed by atoms with Crippen molar-refractivity contribution in [1.82, 2.24) is 4.98 Å². The second kappa shape index (κ2) is 6.27. The Balaban J connectivity index is 2.01. The first kappa shape index (κ1) is 16.5. The highest BCUT2D eigenvalue weighted by atomic mass is 79.9. The van der Waals surface area contributed by atoms with E-state index < -0.39 is 10.0 Å². The molecule has 0 fully saturated rings. The Hall–Kier alpha value is -1.35. The van der Waals surface area contributed by atoms with Gasteiger partial charge in [0.05, 0.1) is 17.3 Å². The van der Waals surface area contributed by atoms with Gasteiger partial charge in [0.15, 0.2) is 5.13 Å². The van der Waals surface area contributed by atoms with Crippen LogP contribution in [-0.2, 0) is 10.0 Å². The molecule has 0 amide bonds. The minimum atomic E-state index is -3.83. The second-order valence-corrected chi connectivity index (χ2v) is 8.57. The maximum Gasteiger partial charge on any atom is 0.267 e. The summed E-state index contributed by atoms with van der Waals surface area (Å²) in [4.78, 5) is 4.29. The van der Waals surface area contributed by atoms with Gasteiger partial charge in [0, 0.05) is 9.50 Å². The Morgan fingerprint density at radius 1 is 1.26 bits per heavy atom. The van der Waals surface area contributed by atoms with Crippen LogP contribution in [0.3, 0.4) is 0 Å². The minimum Gasteiger partial charge on any atom is -0.495 e. The van der Waals surface area contributed by atoms with Gasteiger partial charge in [-0.15, -0.1) is 0 Å². The molecule has 0 unspecified atom stereocenters. The maximum atomic E-state index is 12.6. The summed E-state index contributed by atoms with van der Waals surface area (Å²) in [5.41, 5.74) is 0.679. The van der Waals surface area contributed by atoms with Crippen molar-refractivity contribution in [1.29, 1.82) is 0 Å². The summed E-state index contributed by atoms with van der Waals surface area (Å²) in [6.45, 7) is 0. The monoisotopic (exact) mass is 432 g/mol. The van der Waals surface area contributed by atoms with Crippen LogP contribution in [-0.4, -0.2) is 20.5 Å². The van der Waals surface area contributed by atoms with Gasteiger partial charge in [0.25, 0.3) is 10.0 Å². The molecule has 0 saturated heterocycles. The third-order valence-corrected chi connectivity index (χ3v) is 6.14. The van der Waals surface area contributed by atoms with E-state index in [0.717, 1.165) is 4.70 Å². The van der Waals surface area contributed by atoms with Crippen molar-refractivity contribution in [3.63, 3.8) is 0 Å².